The van der Waals surface area contributed by atoms with Crippen molar-refractivity contribution in [1.29, 1.82) is 0 Å². The lowest BCUT2D eigenvalue weighted by Gasteiger charge is -2.06. The van der Waals surface area contributed by atoms with Crippen LogP contribution in [0.15, 0.2) is 4.52 Å². The number of methoxy groups -OCH3 is 1. The summed E-state index contributed by atoms with van der Waals surface area (Å²) in [5.74, 6) is 6.95. The van der Waals surface area contributed by atoms with Gasteiger partial charge in [-0.15, -0.1) is 0 Å². The van der Waals surface area contributed by atoms with E-state index in [0.717, 1.165) is 0 Å². The zero-order chi connectivity index (χ0) is 13.7. The number of rotatable bonds is 6. The maximum absolute atomic E-state index is 5.25. The molecule has 0 spiro atoms. The largest absolute Gasteiger partial charge is 0.467 e. The van der Waals surface area contributed by atoms with Gasteiger partial charge < -0.3 is 14.6 Å². The molecule has 0 saturated heterocycles. The van der Waals surface area contributed by atoms with Crippen LogP contribution in [0, 0.1) is 6.92 Å². The molecular weight excluding hydrogens is 252 g/mol. The number of nitrogens with zero attached hydrogens (tertiary/aromatic N) is 5. The summed E-state index contributed by atoms with van der Waals surface area (Å²) in [4.78, 5) is 16.0. The molecule has 2 rings (SSSR count). The minimum Gasteiger partial charge on any atom is -0.467 e. The third-order valence-corrected chi connectivity index (χ3v) is 2.12. The van der Waals surface area contributed by atoms with E-state index in [4.69, 9.17) is 15.1 Å². The normalized spacial score (nSPS) is 10.3. The van der Waals surface area contributed by atoms with Crippen molar-refractivity contribution < 1.29 is 9.26 Å². The first kappa shape index (κ1) is 13.0. The van der Waals surface area contributed by atoms with Gasteiger partial charge in [0.15, 0.2) is 5.82 Å². The zero-order valence-electron chi connectivity index (χ0n) is 10.5. The van der Waals surface area contributed by atoms with Gasteiger partial charge in [-0.3, -0.25) is 5.43 Å². The molecule has 102 valence electrons. The number of hydrogen-bond acceptors (Lipinski definition) is 10. The molecule has 2 aromatic rings. The number of nitrogens with two attached hydrogens (primary N) is 1. The summed E-state index contributed by atoms with van der Waals surface area (Å²) < 4.78 is 9.91. The maximum atomic E-state index is 5.25. The van der Waals surface area contributed by atoms with Crippen LogP contribution in [0.5, 0.6) is 6.01 Å². The van der Waals surface area contributed by atoms with Gasteiger partial charge in [-0.1, -0.05) is 5.16 Å². The molecule has 0 unspecified atom stereocenters. The van der Waals surface area contributed by atoms with Gasteiger partial charge in [0.1, 0.15) is 0 Å². The summed E-state index contributed by atoms with van der Waals surface area (Å²) in [6.45, 7) is 2.29. The summed E-state index contributed by atoms with van der Waals surface area (Å²) in [7, 11) is 1.46. The SMILES string of the molecule is COc1nc(NN)nc(NCCc2nc(C)no2)n1. The van der Waals surface area contributed by atoms with Gasteiger partial charge in [0, 0.05) is 13.0 Å². The van der Waals surface area contributed by atoms with Crippen LogP contribution >= 0.6 is 0 Å². The third-order valence-electron chi connectivity index (χ3n) is 2.12. The molecule has 0 atom stereocenters. The molecule has 19 heavy (non-hydrogen) atoms. The van der Waals surface area contributed by atoms with Gasteiger partial charge in [-0.05, 0) is 6.92 Å². The number of ether oxygens (including phenoxy) is 1. The Morgan fingerprint density at radius 1 is 1.21 bits per heavy atom. The molecule has 0 amide bonds. The predicted octanol–water partition coefficient (Wildman–Crippen LogP) is -0.488. The second-order valence-electron chi connectivity index (χ2n) is 3.53. The summed E-state index contributed by atoms with van der Waals surface area (Å²) in [5, 5.41) is 6.68. The molecule has 2 heterocycles. The number of nitrogens with one attached hydrogen (secondary N) is 2. The minimum absolute atomic E-state index is 0.166. The van der Waals surface area contributed by atoms with Gasteiger partial charge in [0.05, 0.1) is 7.11 Å². The van der Waals surface area contributed by atoms with E-state index < -0.39 is 0 Å². The Hall–Kier alpha value is -2.49. The maximum Gasteiger partial charge on any atom is 0.322 e. The van der Waals surface area contributed by atoms with Crippen LogP contribution in [0.1, 0.15) is 11.7 Å². The predicted molar refractivity (Wildman–Crippen MR) is 65.4 cm³/mol. The average Bonchev–Trinajstić information content (AvgIpc) is 2.84. The van der Waals surface area contributed by atoms with Crippen LogP contribution < -0.4 is 21.3 Å². The number of hydrazine groups is 1. The van der Waals surface area contributed by atoms with Crippen molar-refractivity contribution in [3.63, 3.8) is 0 Å². The number of anilines is 2. The Morgan fingerprint density at radius 2 is 2.00 bits per heavy atom. The van der Waals surface area contributed by atoms with Crippen molar-refractivity contribution in [2.24, 2.45) is 5.84 Å². The van der Waals surface area contributed by atoms with Crippen LogP contribution in [-0.2, 0) is 6.42 Å². The fourth-order valence-corrected chi connectivity index (χ4v) is 1.31. The van der Waals surface area contributed by atoms with Crippen LogP contribution in [0.3, 0.4) is 0 Å². The Kier molecular flexibility index (Phi) is 4.03. The summed E-state index contributed by atoms with van der Waals surface area (Å²) >= 11 is 0. The molecule has 0 bridgehead atoms. The average molecular weight is 266 g/mol. The Labute approximate surface area is 108 Å². The Balaban J connectivity index is 1.95. The van der Waals surface area contributed by atoms with Crippen molar-refractivity contribution in [2.45, 2.75) is 13.3 Å². The first-order chi connectivity index (χ1) is 9.21. The summed E-state index contributed by atoms with van der Waals surface area (Å²) in [5.41, 5.74) is 2.33. The van der Waals surface area contributed by atoms with Gasteiger partial charge >= 0.3 is 6.01 Å². The molecule has 4 N–H and O–H groups in total. The van der Waals surface area contributed by atoms with E-state index in [-0.39, 0.29) is 12.0 Å². The quantitative estimate of drug-likeness (QED) is 0.464. The van der Waals surface area contributed by atoms with E-state index in [1.165, 1.54) is 7.11 Å². The summed E-state index contributed by atoms with van der Waals surface area (Å²) in [6.07, 6.45) is 0.556. The van der Waals surface area contributed by atoms with Crippen molar-refractivity contribution in [1.82, 2.24) is 25.1 Å². The van der Waals surface area contributed by atoms with Crippen LogP contribution in [0.4, 0.5) is 11.9 Å². The van der Waals surface area contributed by atoms with Gasteiger partial charge in [0.25, 0.3) is 0 Å². The highest BCUT2D eigenvalue weighted by Crippen LogP contribution is 2.09. The molecule has 2 aromatic heterocycles. The molecule has 0 fully saturated rings. The molecule has 10 nitrogen and oxygen atoms in total. The Bertz CT molecular complexity index is 521. The molecule has 0 aliphatic rings. The fraction of sp³-hybridized carbons (Fsp3) is 0.444. The first-order valence-electron chi connectivity index (χ1n) is 5.51. The molecule has 0 aromatic carbocycles. The highest BCUT2D eigenvalue weighted by molar-refractivity contribution is 5.34. The van der Waals surface area contributed by atoms with Crippen LogP contribution in [0.25, 0.3) is 0 Å². The fourth-order valence-electron chi connectivity index (χ4n) is 1.31. The van der Waals surface area contributed by atoms with E-state index in [1.54, 1.807) is 6.92 Å². The number of nitrogen functional groups attached to an aromatic ring is 1. The van der Waals surface area contributed by atoms with Crippen molar-refractivity contribution in [3.8, 4) is 6.01 Å². The highest BCUT2D eigenvalue weighted by Gasteiger charge is 2.07. The molecule has 0 aliphatic carbocycles. The van der Waals surface area contributed by atoms with E-state index in [0.29, 0.717) is 30.6 Å². The molecule has 10 heteroatoms. The van der Waals surface area contributed by atoms with E-state index >= 15 is 0 Å². The van der Waals surface area contributed by atoms with Gasteiger partial charge in [-0.2, -0.15) is 19.9 Å². The Morgan fingerprint density at radius 3 is 2.63 bits per heavy atom. The van der Waals surface area contributed by atoms with E-state index in [1.807, 2.05) is 0 Å². The summed E-state index contributed by atoms with van der Waals surface area (Å²) in [6, 6.07) is 0.166. The highest BCUT2D eigenvalue weighted by atomic mass is 16.5. The molecule has 0 aliphatic heterocycles. The lowest BCUT2D eigenvalue weighted by atomic mass is 10.4. The molecule has 0 saturated carbocycles. The van der Waals surface area contributed by atoms with Gasteiger partial charge in [0.2, 0.25) is 17.8 Å². The smallest absolute Gasteiger partial charge is 0.322 e. The number of aryl methyl sites for hydroxylation is 1. The second-order valence-corrected chi connectivity index (χ2v) is 3.53. The van der Waals surface area contributed by atoms with E-state index in [9.17, 15) is 0 Å². The number of hydrogen-bond donors (Lipinski definition) is 3. The van der Waals surface area contributed by atoms with E-state index in [2.05, 4.69) is 35.8 Å². The van der Waals surface area contributed by atoms with Crippen molar-refractivity contribution >= 4 is 11.9 Å². The minimum atomic E-state index is 0.166. The van der Waals surface area contributed by atoms with Crippen molar-refractivity contribution in [2.75, 3.05) is 24.4 Å². The second kappa shape index (κ2) is 5.91. The lowest BCUT2D eigenvalue weighted by Crippen LogP contribution is -2.15. The van der Waals surface area contributed by atoms with Crippen LogP contribution in [-0.4, -0.2) is 38.7 Å². The van der Waals surface area contributed by atoms with Crippen LogP contribution in [0.2, 0.25) is 0 Å². The third kappa shape index (κ3) is 3.48. The monoisotopic (exact) mass is 266 g/mol. The van der Waals surface area contributed by atoms with Crippen molar-refractivity contribution in [3.05, 3.63) is 11.7 Å². The lowest BCUT2D eigenvalue weighted by molar-refractivity contribution is 0.376. The molecule has 0 radical (unpaired) electrons. The topological polar surface area (TPSA) is 137 Å². The number of aromatic nitrogens is 5. The van der Waals surface area contributed by atoms with Gasteiger partial charge in [-0.25, -0.2) is 5.84 Å². The standard InChI is InChI=1S/C9H14N8O2/c1-5-12-6(19-17-5)3-4-11-7-13-8(16-10)15-9(14-7)18-2/h3-4,10H2,1-2H3,(H2,11,13,14,15,16). The zero-order valence-corrected chi connectivity index (χ0v) is 10.5. The first-order valence-corrected chi connectivity index (χ1v) is 5.51. The molecular formula is C9H14N8O2.